The number of nitrogens with zero attached hydrogens (tertiary/aromatic N) is 1. The lowest BCUT2D eigenvalue weighted by molar-refractivity contribution is -0.146. The van der Waals surface area contributed by atoms with Gasteiger partial charge in [-0.25, -0.2) is 4.79 Å². The number of carboxylic acid groups (broad SMARTS) is 1. The van der Waals surface area contributed by atoms with Crippen LogP contribution in [-0.2, 0) is 22.7 Å². The van der Waals surface area contributed by atoms with Crippen LogP contribution in [0.3, 0.4) is 0 Å². The van der Waals surface area contributed by atoms with Crippen LogP contribution < -0.4 is 14.2 Å². The van der Waals surface area contributed by atoms with Crippen molar-refractivity contribution < 1.29 is 28.9 Å². The van der Waals surface area contributed by atoms with Crippen molar-refractivity contribution in [2.24, 2.45) is 0 Å². The molecule has 0 saturated carbocycles. The van der Waals surface area contributed by atoms with Crippen molar-refractivity contribution in [1.29, 1.82) is 0 Å². The van der Waals surface area contributed by atoms with Crippen molar-refractivity contribution in [2.75, 3.05) is 14.2 Å². The summed E-state index contributed by atoms with van der Waals surface area (Å²) < 4.78 is 17.2. The molecule has 1 aliphatic rings. The molecule has 1 fully saturated rings. The quantitative estimate of drug-likeness (QED) is 0.347. The van der Waals surface area contributed by atoms with E-state index in [0.717, 1.165) is 32.7 Å². The summed E-state index contributed by atoms with van der Waals surface area (Å²) in [4.78, 5) is 25.8. The molecule has 184 valence electrons. The SMILES string of the molecule is COc1cc2cc(CN3C(=O)CC[C@H]3C(=O)O)c3ccc(OCc4ccccc4)cc3c2cc1OC. The third-order valence-corrected chi connectivity index (χ3v) is 6.71. The van der Waals surface area contributed by atoms with E-state index in [2.05, 4.69) is 0 Å². The van der Waals surface area contributed by atoms with Gasteiger partial charge < -0.3 is 24.2 Å². The van der Waals surface area contributed by atoms with E-state index in [1.807, 2.05) is 66.7 Å². The first kappa shape index (κ1) is 23.5. The Morgan fingerprint density at radius 3 is 2.42 bits per heavy atom. The smallest absolute Gasteiger partial charge is 0.326 e. The van der Waals surface area contributed by atoms with Gasteiger partial charge in [0.05, 0.1) is 14.2 Å². The van der Waals surface area contributed by atoms with Gasteiger partial charge in [0.1, 0.15) is 18.4 Å². The van der Waals surface area contributed by atoms with Crippen molar-refractivity contribution in [3.05, 3.63) is 77.9 Å². The van der Waals surface area contributed by atoms with E-state index < -0.39 is 12.0 Å². The molecule has 4 aromatic carbocycles. The van der Waals surface area contributed by atoms with Crippen molar-refractivity contribution in [3.63, 3.8) is 0 Å². The van der Waals surface area contributed by atoms with Gasteiger partial charge in [-0.3, -0.25) is 4.79 Å². The van der Waals surface area contributed by atoms with E-state index in [4.69, 9.17) is 14.2 Å². The highest BCUT2D eigenvalue weighted by Gasteiger charge is 2.36. The topological polar surface area (TPSA) is 85.3 Å². The summed E-state index contributed by atoms with van der Waals surface area (Å²) in [6, 6.07) is 20.8. The standard InChI is InChI=1S/C29H27NO6/c1-34-26-13-19-12-20(16-30-25(29(32)33)10-11-28(30)31)22-9-8-21(36-17-18-6-4-3-5-7-18)14-24(22)23(19)15-27(26)35-2/h3-9,12-15,25H,10-11,16-17H2,1-2H3,(H,32,33)/t25-/m0/s1. The number of carbonyl (C=O) groups is 2. The average molecular weight is 486 g/mol. The van der Waals surface area contributed by atoms with E-state index in [0.29, 0.717) is 30.3 Å². The number of benzene rings is 4. The first-order chi connectivity index (χ1) is 17.5. The zero-order valence-electron chi connectivity index (χ0n) is 20.2. The largest absolute Gasteiger partial charge is 0.493 e. The fourth-order valence-corrected chi connectivity index (χ4v) is 4.87. The molecule has 1 N–H and O–H groups in total. The molecule has 1 heterocycles. The van der Waals surface area contributed by atoms with Gasteiger partial charge in [-0.15, -0.1) is 0 Å². The van der Waals surface area contributed by atoms with Crippen LogP contribution in [0.5, 0.6) is 17.2 Å². The fraction of sp³-hybridized carbons (Fsp3) is 0.241. The number of likely N-dealkylation sites (tertiary alicyclic amines) is 1. The summed E-state index contributed by atoms with van der Waals surface area (Å²) in [5.74, 6) is 0.780. The highest BCUT2D eigenvalue weighted by atomic mass is 16.5. The Hall–Kier alpha value is -4.26. The maximum Gasteiger partial charge on any atom is 0.326 e. The Balaban J connectivity index is 1.62. The number of carbonyl (C=O) groups excluding carboxylic acids is 1. The summed E-state index contributed by atoms with van der Waals surface area (Å²) in [7, 11) is 3.18. The lowest BCUT2D eigenvalue weighted by Crippen LogP contribution is -2.37. The zero-order valence-corrected chi connectivity index (χ0v) is 20.2. The van der Waals surface area contributed by atoms with Crippen LogP contribution in [0, 0.1) is 0 Å². The molecule has 0 radical (unpaired) electrons. The predicted octanol–water partition coefficient (Wildman–Crippen LogP) is 5.16. The number of hydrogen-bond acceptors (Lipinski definition) is 5. The number of aliphatic carboxylic acids is 1. The number of carboxylic acids is 1. The summed E-state index contributed by atoms with van der Waals surface area (Å²) in [5.41, 5.74) is 1.93. The maximum absolute atomic E-state index is 12.6. The third-order valence-electron chi connectivity index (χ3n) is 6.71. The number of rotatable bonds is 8. The Morgan fingerprint density at radius 1 is 0.944 bits per heavy atom. The predicted molar refractivity (Wildman–Crippen MR) is 137 cm³/mol. The third kappa shape index (κ3) is 4.40. The molecule has 1 aliphatic heterocycles. The molecule has 0 bridgehead atoms. The van der Waals surface area contributed by atoms with Crippen LogP contribution in [0.15, 0.2) is 66.7 Å². The van der Waals surface area contributed by atoms with Crippen molar-refractivity contribution in [3.8, 4) is 17.2 Å². The number of methoxy groups -OCH3 is 2. The van der Waals surface area contributed by atoms with Gasteiger partial charge in [-0.05, 0) is 69.4 Å². The molecular formula is C29H27NO6. The normalized spacial score (nSPS) is 15.4. The molecule has 1 saturated heterocycles. The van der Waals surface area contributed by atoms with E-state index in [-0.39, 0.29) is 18.9 Å². The molecule has 0 aliphatic carbocycles. The minimum Gasteiger partial charge on any atom is -0.493 e. The molecule has 4 aromatic rings. The maximum atomic E-state index is 12.6. The van der Waals surface area contributed by atoms with Crippen LogP contribution >= 0.6 is 0 Å². The molecule has 0 aromatic heterocycles. The Labute approximate surface area is 208 Å². The van der Waals surface area contributed by atoms with Gasteiger partial charge >= 0.3 is 5.97 Å². The lowest BCUT2D eigenvalue weighted by atomic mass is 9.96. The van der Waals surface area contributed by atoms with Crippen molar-refractivity contribution in [1.82, 2.24) is 4.90 Å². The van der Waals surface area contributed by atoms with Crippen molar-refractivity contribution >= 4 is 33.4 Å². The molecule has 0 unspecified atom stereocenters. The van der Waals surface area contributed by atoms with E-state index in [9.17, 15) is 14.7 Å². The molecule has 1 amide bonds. The molecule has 7 nitrogen and oxygen atoms in total. The number of ether oxygens (including phenoxy) is 3. The van der Waals surface area contributed by atoms with Crippen LogP contribution in [-0.4, -0.2) is 42.1 Å². The first-order valence-corrected chi connectivity index (χ1v) is 11.8. The number of fused-ring (bicyclic) bond motifs is 3. The van der Waals surface area contributed by atoms with E-state index in [1.165, 1.54) is 4.90 Å². The molecule has 5 rings (SSSR count). The summed E-state index contributed by atoms with van der Waals surface area (Å²) in [6.45, 7) is 0.643. The fourth-order valence-electron chi connectivity index (χ4n) is 4.87. The molecule has 1 atom stereocenters. The van der Waals surface area contributed by atoms with Crippen LogP contribution in [0.1, 0.15) is 24.0 Å². The summed E-state index contributed by atoms with van der Waals surface area (Å²) >= 11 is 0. The highest BCUT2D eigenvalue weighted by molar-refractivity contribution is 6.10. The Bertz CT molecular complexity index is 1450. The minimum absolute atomic E-state index is 0.147. The number of amides is 1. The zero-order chi connectivity index (χ0) is 25.2. The average Bonchev–Trinajstić information content (AvgIpc) is 3.27. The second-order valence-corrected chi connectivity index (χ2v) is 8.86. The van der Waals surface area contributed by atoms with Crippen LogP contribution in [0.2, 0.25) is 0 Å². The molecule has 0 spiro atoms. The highest BCUT2D eigenvalue weighted by Crippen LogP contribution is 2.39. The van der Waals surface area contributed by atoms with Gasteiger partial charge in [0.25, 0.3) is 0 Å². The van der Waals surface area contributed by atoms with Crippen molar-refractivity contribution in [2.45, 2.75) is 32.0 Å². The molecular weight excluding hydrogens is 458 g/mol. The molecule has 7 heteroatoms. The molecule has 36 heavy (non-hydrogen) atoms. The number of hydrogen-bond donors (Lipinski definition) is 1. The van der Waals surface area contributed by atoms with Crippen LogP contribution in [0.4, 0.5) is 0 Å². The van der Waals surface area contributed by atoms with Gasteiger partial charge in [-0.1, -0.05) is 36.4 Å². The van der Waals surface area contributed by atoms with Gasteiger partial charge in [0.2, 0.25) is 5.91 Å². The second kappa shape index (κ2) is 9.77. The van der Waals surface area contributed by atoms with Gasteiger partial charge in [0, 0.05) is 13.0 Å². The van der Waals surface area contributed by atoms with Gasteiger partial charge in [0.15, 0.2) is 11.5 Å². The first-order valence-electron chi connectivity index (χ1n) is 11.8. The van der Waals surface area contributed by atoms with Gasteiger partial charge in [-0.2, -0.15) is 0 Å². The van der Waals surface area contributed by atoms with E-state index >= 15 is 0 Å². The van der Waals surface area contributed by atoms with Crippen LogP contribution in [0.25, 0.3) is 21.5 Å². The second-order valence-electron chi connectivity index (χ2n) is 8.86. The summed E-state index contributed by atoms with van der Waals surface area (Å²) in [5, 5.41) is 13.3. The lowest BCUT2D eigenvalue weighted by Gasteiger charge is -2.23. The Kier molecular flexibility index (Phi) is 6.38. The monoisotopic (exact) mass is 485 g/mol. The Morgan fingerprint density at radius 2 is 1.69 bits per heavy atom. The van der Waals surface area contributed by atoms with E-state index in [1.54, 1.807) is 14.2 Å². The minimum atomic E-state index is -0.978. The summed E-state index contributed by atoms with van der Waals surface area (Å²) in [6.07, 6.45) is 0.563.